The number of phenolic OH excluding ortho intramolecular Hbond substituents is 1. The minimum Gasteiger partial charge on any atom is -0.508 e. The van der Waals surface area contributed by atoms with Crippen LogP contribution in [0.5, 0.6) is 5.75 Å². The molecule has 0 amide bonds. The number of ether oxygens (including phenoxy) is 2. The maximum Gasteiger partial charge on any atom is 0.334 e. The number of aromatic hydroxyl groups is 1. The van der Waals surface area contributed by atoms with Crippen LogP contribution in [0.25, 0.3) is 6.08 Å². The Hall–Kier alpha value is -2.56. The van der Waals surface area contributed by atoms with Crippen molar-refractivity contribution in [3.8, 4) is 5.75 Å². The quantitative estimate of drug-likeness (QED) is 0.605. The summed E-state index contributed by atoms with van der Waals surface area (Å²) in [6.07, 6.45) is 6.40. The van der Waals surface area contributed by atoms with Gasteiger partial charge in [0.2, 0.25) is 0 Å². The molecule has 1 fully saturated rings. The number of cyclic esters (lactones) is 1. The van der Waals surface area contributed by atoms with Crippen molar-refractivity contribution in [2.45, 2.75) is 52.6 Å². The second kappa shape index (κ2) is 7.05. The molecule has 5 heteroatoms. The zero-order valence-electron chi connectivity index (χ0n) is 17.2. The highest BCUT2D eigenvalue weighted by atomic mass is 16.5. The van der Waals surface area contributed by atoms with E-state index in [1.165, 1.54) is 6.08 Å². The predicted octanol–water partition coefficient (Wildman–Crippen LogP) is 4.41. The summed E-state index contributed by atoms with van der Waals surface area (Å²) in [6, 6.07) is 6.62. The van der Waals surface area contributed by atoms with Gasteiger partial charge in [-0.2, -0.15) is 0 Å². The van der Waals surface area contributed by atoms with Gasteiger partial charge in [0.15, 0.2) is 0 Å². The summed E-state index contributed by atoms with van der Waals surface area (Å²) in [4.78, 5) is 25.1. The van der Waals surface area contributed by atoms with E-state index in [1.54, 1.807) is 30.3 Å². The molecular weight excluding hydrogens is 368 g/mol. The van der Waals surface area contributed by atoms with Crippen molar-refractivity contribution < 1.29 is 24.2 Å². The third-order valence-corrected chi connectivity index (χ3v) is 6.94. The van der Waals surface area contributed by atoms with E-state index in [9.17, 15) is 14.7 Å². The van der Waals surface area contributed by atoms with Crippen molar-refractivity contribution >= 4 is 18.0 Å². The molecule has 1 N–H and O–H groups in total. The second-order valence-corrected chi connectivity index (χ2v) is 9.40. The van der Waals surface area contributed by atoms with Crippen LogP contribution in [0.3, 0.4) is 0 Å². The van der Waals surface area contributed by atoms with Crippen molar-refractivity contribution in [2.75, 3.05) is 6.61 Å². The second-order valence-electron chi connectivity index (χ2n) is 9.40. The minimum absolute atomic E-state index is 0.0416. The lowest BCUT2D eigenvalue weighted by Gasteiger charge is -2.55. The fourth-order valence-corrected chi connectivity index (χ4v) is 5.93. The van der Waals surface area contributed by atoms with Crippen LogP contribution in [-0.2, 0) is 19.1 Å². The highest BCUT2D eigenvalue weighted by molar-refractivity contribution is 5.94. The number of carbonyl (C=O) groups is 2. The maximum absolute atomic E-state index is 12.6. The van der Waals surface area contributed by atoms with Crippen LogP contribution in [0.2, 0.25) is 0 Å². The molecule has 154 valence electrons. The SMILES string of the molecule is CC1(C)CCC[C@]2(C)C3=C(COC3=O)C[C@H](OC(=O)/C=C/c3ccc(O)cc3)[C@@H]12. The van der Waals surface area contributed by atoms with Crippen LogP contribution < -0.4 is 0 Å². The molecule has 0 aromatic heterocycles. The van der Waals surface area contributed by atoms with E-state index in [0.29, 0.717) is 13.0 Å². The normalized spacial score (nSPS) is 30.7. The Bertz CT molecular complexity index is 892. The first-order valence-electron chi connectivity index (χ1n) is 10.3. The Morgan fingerprint density at radius 3 is 2.66 bits per heavy atom. The summed E-state index contributed by atoms with van der Waals surface area (Å²) in [5, 5.41) is 9.37. The Morgan fingerprint density at radius 1 is 1.21 bits per heavy atom. The molecular formula is C24H28O5. The monoisotopic (exact) mass is 396 g/mol. The molecule has 1 aromatic carbocycles. The zero-order valence-corrected chi connectivity index (χ0v) is 17.2. The first-order valence-corrected chi connectivity index (χ1v) is 10.3. The molecule has 1 aliphatic heterocycles. The minimum atomic E-state index is -0.388. The molecule has 4 rings (SSSR count). The summed E-state index contributed by atoms with van der Waals surface area (Å²) in [6.45, 7) is 6.89. The molecule has 1 heterocycles. The highest BCUT2D eigenvalue weighted by Crippen LogP contribution is 2.61. The summed E-state index contributed by atoms with van der Waals surface area (Å²) in [7, 11) is 0. The highest BCUT2D eigenvalue weighted by Gasteiger charge is 2.59. The van der Waals surface area contributed by atoms with Gasteiger partial charge in [-0.15, -0.1) is 0 Å². The number of benzene rings is 1. The fourth-order valence-electron chi connectivity index (χ4n) is 5.93. The van der Waals surface area contributed by atoms with Gasteiger partial charge in [-0.1, -0.05) is 39.3 Å². The summed E-state index contributed by atoms with van der Waals surface area (Å²) >= 11 is 0. The lowest BCUT2D eigenvalue weighted by Crippen LogP contribution is -2.53. The smallest absolute Gasteiger partial charge is 0.334 e. The molecule has 0 bridgehead atoms. The van der Waals surface area contributed by atoms with E-state index in [0.717, 1.165) is 36.0 Å². The number of hydrogen-bond donors (Lipinski definition) is 1. The topological polar surface area (TPSA) is 72.8 Å². The molecule has 29 heavy (non-hydrogen) atoms. The Kier molecular flexibility index (Phi) is 4.80. The van der Waals surface area contributed by atoms with Gasteiger partial charge >= 0.3 is 11.9 Å². The van der Waals surface area contributed by atoms with Crippen molar-refractivity contribution in [3.63, 3.8) is 0 Å². The molecule has 3 atom stereocenters. The Balaban J connectivity index is 1.59. The summed E-state index contributed by atoms with van der Waals surface area (Å²) in [5.41, 5.74) is 2.27. The molecule has 1 aromatic rings. The van der Waals surface area contributed by atoms with Crippen LogP contribution >= 0.6 is 0 Å². The number of esters is 2. The van der Waals surface area contributed by atoms with E-state index < -0.39 is 0 Å². The van der Waals surface area contributed by atoms with Gasteiger partial charge in [0.1, 0.15) is 18.5 Å². The van der Waals surface area contributed by atoms with E-state index >= 15 is 0 Å². The van der Waals surface area contributed by atoms with Crippen LogP contribution in [-0.4, -0.2) is 29.8 Å². The first kappa shape index (κ1) is 19.7. The van der Waals surface area contributed by atoms with Gasteiger partial charge in [-0.05, 0) is 47.6 Å². The predicted molar refractivity (Wildman–Crippen MR) is 109 cm³/mol. The lowest BCUT2D eigenvalue weighted by molar-refractivity contribution is -0.157. The van der Waals surface area contributed by atoms with Crippen LogP contribution in [0, 0.1) is 16.7 Å². The third-order valence-electron chi connectivity index (χ3n) is 6.94. The standard InChI is InChI=1S/C24H28O5/c1-23(2)11-4-12-24(3)20-16(14-28-22(20)27)13-18(21(23)24)29-19(26)10-7-15-5-8-17(25)9-6-15/h5-10,18,21,25H,4,11-14H2,1-3H3/b10-7+/t18-,21-,24+/m0/s1. The van der Waals surface area contributed by atoms with Gasteiger partial charge < -0.3 is 14.6 Å². The molecule has 1 saturated carbocycles. The van der Waals surface area contributed by atoms with E-state index in [-0.39, 0.29) is 40.5 Å². The maximum atomic E-state index is 12.6. The molecule has 0 saturated heterocycles. The zero-order chi connectivity index (χ0) is 20.8. The average molecular weight is 396 g/mol. The van der Waals surface area contributed by atoms with Crippen molar-refractivity contribution in [1.82, 2.24) is 0 Å². The average Bonchev–Trinajstić information content (AvgIpc) is 3.02. The Morgan fingerprint density at radius 2 is 1.93 bits per heavy atom. The molecule has 0 unspecified atom stereocenters. The van der Waals surface area contributed by atoms with Crippen LogP contribution in [0.1, 0.15) is 52.0 Å². The third kappa shape index (κ3) is 3.47. The summed E-state index contributed by atoms with van der Waals surface area (Å²) < 4.78 is 11.3. The number of fused-ring (bicyclic) bond motifs is 2. The lowest BCUT2D eigenvalue weighted by atomic mass is 9.49. The van der Waals surface area contributed by atoms with E-state index in [4.69, 9.17) is 9.47 Å². The van der Waals surface area contributed by atoms with Gasteiger partial charge in [0, 0.05) is 29.4 Å². The molecule has 3 aliphatic rings. The summed E-state index contributed by atoms with van der Waals surface area (Å²) in [5.74, 6) is -0.328. The number of hydrogen-bond acceptors (Lipinski definition) is 5. The van der Waals surface area contributed by atoms with Gasteiger partial charge in [-0.25, -0.2) is 9.59 Å². The Labute approximate surface area is 171 Å². The van der Waals surface area contributed by atoms with Gasteiger partial charge in [0.05, 0.1) is 0 Å². The van der Waals surface area contributed by atoms with Gasteiger partial charge in [-0.3, -0.25) is 0 Å². The largest absolute Gasteiger partial charge is 0.508 e. The fraction of sp³-hybridized carbons (Fsp3) is 0.500. The number of phenols is 1. The van der Waals surface area contributed by atoms with Gasteiger partial charge in [0.25, 0.3) is 0 Å². The molecule has 5 nitrogen and oxygen atoms in total. The molecule has 0 radical (unpaired) electrons. The van der Waals surface area contributed by atoms with Crippen LogP contribution in [0.4, 0.5) is 0 Å². The van der Waals surface area contributed by atoms with Crippen molar-refractivity contribution in [1.29, 1.82) is 0 Å². The van der Waals surface area contributed by atoms with E-state index in [2.05, 4.69) is 20.8 Å². The van der Waals surface area contributed by atoms with Crippen molar-refractivity contribution in [3.05, 3.63) is 47.1 Å². The first-order chi connectivity index (χ1) is 13.7. The van der Waals surface area contributed by atoms with Crippen LogP contribution in [0.15, 0.2) is 41.5 Å². The number of carbonyl (C=O) groups excluding carboxylic acids is 2. The molecule has 0 spiro atoms. The van der Waals surface area contributed by atoms with Crippen molar-refractivity contribution in [2.24, 2.45) is 16.7 Å². The molecule has 2 aliphatic carbocycles. The number of rotatable bonds is 3. The van der Waals surface area contributed by atoms with E-state index in [1.807, 2.05) is 0 Å².